The van der Waals surface area contributed by atoms with E-state index in [1.54, 1.807) is 6.20 Å². The average molecular weight is 216 g/mol. The molecule has 2 heterocycles. The Hall–Kier alpha value is -1.68. The summed E-state index contributed by atoms with van der Waals surface area (Å²) in [7, 11) is 0. The van der Waals surface area contributed by atoms with Gasteiger partial charge in [0.15, 0.2) is 5.82 Å². The molecular formula is C12H16N4. The Morgan fingerprint density at radius 3 is 2.44 bits per heavy atom. The molecule has 0 bridgehead atoms. The van der Waals surface area contributed by atoms with Crippen molar-refractivity contribution >= 4 is 0 Å². The SMILES string of the molecule is Cc1nn(-c2ccc(CN)cn2)c(C)c1C. The molecule has 0 saturated heterocycles. The summed E-state index contributed by atoms with van der Waals surface area (Å²) in [5.74, 6) is 0.839. The van der Waals surface area contributed by atoms with Crippen LogP contribution in [0.1, 0.15) is 22.5 Å². The van der Waals surface area contributed by atoms with Crippen LogP contribution in [0.4, 0.5) is 0 Å². The van der Waals surface area contributed by atoms with Crippen LogP contribution >= 0.6 is 0 Å². The second kappa shape index (κ2) is 4.06. The largest absolute Gasteiger partial charge is 0.326 e. The Bertz CT molecular complexity index is 496. The number of nitrogens with zero attached hydrogens (tertiary/aromatic N) is 3. The predicted molar refractivity (Wildman–Crippen MR) is 63.5 cm³/mol. The molecule has 0 radical (unpaired) electrons. The first kappa shape index (κ1) is 10.8. The fourth-order valence-electron chi connectivity index (χ4n) is 1.61. The number of rotatable bonds is 2. The van der Waals surface area contributed by atoms with E-state index in [9.17, 15) is 0 Å². The lowest BCUT2D eigenvalue weighted by molar-refractivity contribution is 0.803. The van der Waals surface area contributed by atoms with Crippen LogP contribution in [0.5, 0.6) is 0 Å². The van der Waals surface area contributed by atoms with Crippen molar-refractivity contribution in [3.05, 3.63) is 40.8 Å². The van der Waals surface area contributed by atoms with E-state index >= 15 is 0 Å². The smallest absolute Gasteiger partial charge is 0.153 e. The summed E-state index contributed by atoms with van der Waals surface area (Å²) in [6.07, 6.45) is 1.79. The fraction of sp³-hybridized carbons (Fsp3) is 0.333. The van der Waals surface area contributed by atoms with Gasteiger partial charge in [-0.1, -0.05) is 6.07 Å². The van der Waals surface area contributed by atoms with Gasteiger partial charge in [-0.05, 0) is 38.0 Å². The van der Waals surface area contributed by atoms with Crippen LogP contribution in [0.15, 0.2) is 18.3 Å². The summed E-state index contributed by atoms with van der Waals surface area (Å²) >= 11 is 0. The van der Waals surface area contributed by atoms with Gasteiger partial charge in [-0.15, -0.1) is 0 Å². The van der Waals surface area contributed by atoms with Gasteiger partial charge in [0.1, 0.15) is 0 Å². The maximum atomic E-state index is 5.53. The molecule has 4 nitrogen and oxygen atoms in total. The van der Waals surface area contributed by atoms with Crippen LogP contribution in [0.2, 0.25) is 0 Å². The quantitative estimate of drug-likeness (QED) is 0.830. The van der Waals surface area contributed by atoms with E-state index in [1.807, 2.05) is 30.7 Å². The van der Waals surface area contributed by atoms with Crippen molar-refractivity contribution in [1.29, 1.82) is 0 Å². The van der Waals surface area contributed by atoms with Gasteiger partial charge in [0.25, 0.3) is 0 Å². The van der Waals surface area contributed by atoms with Crippen LogP contribution in [-0.4, -0.2) is 14.8 Å². The average Bonchev–Trinajstić information content (AvgIpc) is 2.57. The maximum absolute atomic E-state index is 5.53. The summed E-state index contributed by atoms with van der Waals surface area (Å²) in [6.45, 7) is 6.65. The van der Waals surface area contributed by atoms with Crippen molar-refractivity contribution in [3.63, 3.8) is 0 Å². The first-order valence-corrected chi connectivity index (χ1v) is 5.31. The van der Waals surface area contributed by atoms with E-state index < -0.39 is 0 Å². The summed E-state index contributed by atoms with van der Waals surface area (Å²) in [4.78, 5) is 4.36. The summed E-state index contributed by atoms with van der Waals surface area (Å²) < 4.78 is 1.87. The van der Waals surface area contributed by atoms with Crippen molar-refractivity contribution in [2.45, 2.75) is 27.3 Å². The van der Waals surface area contributed by atoms with Gasteiger partial charge >= 0.3 is 0 Å². The van der Waals surface area contributed by atoms with Crippen molar-refractivity contribution in [3.8, 4) is 5.82 Å². The lowest BCUT2D eigenvalue weighted by Gasteiger charge is -2.04. The van der Waals surface area contributed by atoms with Gasteiger partial charge in [-0.2, -0.15) is 5.10 Å². The first-order chi connectivity index (χ1) is 7.63. The first-order valence-electron chi connectivity index (χ1n) is 5.31. The normalized spacial score (nSPS) is 10.8. The Morgan fingerprint density at radius 2 is 2.00 bits per heavy atom. The lowest BCUT2D eigenvalue weighted by Crippen LogP contribution is -2.03. The molecule has 2 aromatic rings. The monoisotopic (exact) mass is 216 g/mol. The van der Waals surface area contributed by atoms with E-state index in [0.717, 1.165) is 22.8 Å². The summed E-state index contributed by atoms with van der Waals surface area (Å²) in [5.41, 5.74) is 9.95. The minimum Gasteiger partial charge on any atom is -0.326 e. The van der Waals surface area contributed by atoms with Crippen molar-refractivity contribution in [2.75, 3.05) is 0 Å². The van der Waals surface area contributed by atoms with Crippen LogP contribution in [0.3, 0.4) is 0 Å². The van der Waals surface area contributed by atoms with Gasteiger partial charge in [-0.25, -0.2) is 9.67 Å². The molecular weight excluding hydrogens is 200 g/mol. The molecule has 16 heavy (non-hydrogen) atoms. The zero-order valence-electron chi connectivity index (χ0n) is 9.86. The van der Waals surface area contributed by atoms with E-state index in [4.69, 9.17) is 5.73 Å². The highest BCUT2D eigenvalue weighted by Gasteiger charge is 2.09. The minimum absolute atomic E-state index is 0.517. The molecule has 0 unspecified atom stereocenters. The molecule has 0 fully saturated rings. The highest BCUT2D eigenvalue weighted by atomic mass is 15.3. The number of aryl methyl sites for hydroxylation is 1. The van der Waals surface area contributed by atoms with E-state index in [0.29, 0.717) is 6.54 Å². The molecule has 0 aliphatic heterocycles. The predicted octanol–water partition coefficient (Wildman–Crippen LogP) is 1.65. The van der Waals surface area contributed by atoms with Gasteiger partial charge in [0.2, 0.25) is 0 Å². The van der Waals surface area contributed by atoms with Gasteiger partial charge in [0, 0.05) is 18.4 Å². The number of hydrogen-bond donors (Lipinski definition) is 1. The van der Waals surface area contributed by atoms with Crippen molar-refractivity contribution in [2.24, 2.45) is 5.73 Å². The number of hydrogen-bond acceptors (Lipinski definition) is 3. The second-order valence-electron chi connectivity index (χ2n) is 3.94. The van der Waals surface area contributed by atoms with Crippen molar-refractivity contribution < 1.29 is 0 Å². The number of aromatic nitrogens is 3. The Labute approximate surface area is 95.1 Å². The van der Waals surface area contributed by atoms with Gasteiger partial charge in [-0.3, -0.25) is 0 Å². The third-order valence-corrected chi connectivity index (χ3v) is 2.91. The van der Waals surface area contributed by atoms with E-state index in [1.165, 1.54) is 5.56 Å². The Kier molecular flexibility index (Phi) is 2.75. The molecule has 2 aromatic heterocycles. The lowest BCUT2D eigenvalue weighted by atomic mass is 10.2. The molecule has 0 aliphatic carbocycles. The summed E-state index contributed by atoms with van der Waals surface area (Å²) in [6, 6.07) is 3.93. The molecule has 4 heteroatoms. The molecule has 0 saturated carbocycles. The molecule has 0 spiro atoms. The molecule has 84 valence electrons. The molecule has 0 amide bonds. The standard InChI is InChI=1S/C12H16N4/c1-8-9(2)15-16(10(8)3)12-5-4-11(6-13)7-14-12/h4-5,7H,6,13H2,1-3H3. The van der Waals surface area contributed by atoms with E-state index in [2.05, 4.69) is 17.0 Å². The molecule has 0 aromatic carbocycles. The molecule has 0 atom stereocenters. The molecule has 2 N–H and O–H groups in total. The maximum Gasteiger partial charge on any atom is 0.153 e. The third-order valence-electron chi connectivity index (χ3n) is 2.91. The topological polar surface area (TPSA) is 56.7 Å². The van der Waals surface area contributed by atoms with Crippen LogP contribution in [0, 0.1) is 20.8 Å². The molecule has 2 rings (SSSR count). The van der Waals surface area contributed by atoms with E-state index in [-0.39, 0.29) is 0 Å². The van der Waals surface area contributed by atoms with Crippen molar-refractivity contribution in [1.82, 2.24) is 14.8 Å². The van der Waals surface area contributed by atoms with Gasteiger partial charge in [0.05, 0.1) is 5.69 Å². The second-order valence-corrected chi connectivity index (χ2v) is 3.94. The Balaban J connectivity index is 2.46. The highest BCUT2D eigenvalue weighted by Crippen LogP contribution is 2.15. The molecule has 0 aliphatic rings. The zero-order valence-corrected chi connectivity index (χ0v) is 9.86. The van der Waals surface area contributed by atoms with Crippen LogP contribution < -0.4 is 5.73 Å². The number of nitrogens with two attached hydrogens (primary N) is 1. The minimum atomic E-state index is 0.517. The highest BCUT2D eigenvalue weighted by molar-refractivity contribution is 5.32. The summed E-state index contributed by atoms with van der Waals surface area (Å²) in [5, 5.41) is 4.46. The number of pyridine rings is 1. The third kappa shape index (κ3) is 1.72. The van der Waals surface area contributed by atoms with Crippen LogP contribution in [0.25, 0.3) is 5.82 Å². The van der Waals surface area contributed by atoms with Gasteiger partial charge < -0.3 is 5.73 Å². The fourth-order valence-corrected chi connectivity index (χ4v) is 1.61. The van der Waals surface area contributed by atoms with Crippen LogP contribution in [-0.2, 0) is 6.54 Å². The Morgan fingerprint density at radius 1 is 1.25 bits per heavy atom. The zero-order chi connectivity index (χ0) is 11.7.